The summed E-state index contributed by atoms with van der Waals surface area (Å²) in [6, 6.07) is 0. The first-order chi connectivity index (χ1) is 7.76. The predicted octanol–water partition coefficient (Wildman–Crippen LogP) is 0.801. The van der Waals surface area contributed by atoms with Crippen molar-refractivity contribution in [1.29, 1.82) is 0 Å². The van der Waals surface area contributed by atoms with Crippen LogP contribution in [0.3, 0.4) is 0 Å². The molecule has 1 aliphatic carbocycles. The molecule has 92 valence electrons. The first-order valence-electron chi connectivity index (χ1n) is 6.36. The number of nitrogens with two attached hydrogens (primary N) is 1. The Balaban J connectivity index is 1.91. The molecule has 1 heterocycles. The smallest absolute Gasteiger partial charge is 0.226 e. The maximum Gasteiger partial charge on any atom is 0.226 e. The molecular weight excluding hydrogens is 204 g/mol. The highest BCUT2D eigenvalue weighted by molar-refractivity contribution is 5.79. The van der Waals surface area contributed by atoms with Crippen molar-refractivity contribution in [2.45, 2.75) is 44.1 Å². The summed E-state index contributed by atoms with van der Waals surface area (Å²) < 4.78 is 5.24. The number of nitrogens with one attached hydrogen (secondary N) is 1. The number of amides is 1. The van der Waals surface area contributed by atoms with Crippen molar-refractivity contribution in [2.75, 3.05) is 19.8 Å². The van der Waals surface area contributed by atoms with E-state index in [0.717, 1.165) is 19.3 Å². The normalized spacial score (nSPS) is 28.9. The van der Waals surface area contributed by atoms with Crippen LogP contribution in [0.25, 0.3) is 0 Å². The van der Waals surface area contributed by atoms with Crippen LogP contribution in [0, 0.1) is 5.92 Å². The summed E-state index contributed by atoms with van der Waals surface area (Å²) in [4.78, 5) is 12.0. The van der Waals surface area contributed by atoms with Gasteiger partial charge in [0, 0.05) is 13.2 Å². The molecule has 0 bridgehead atoms. The van der Waals surface area contributed by atoms with E-state index >= 15 is 0 Å². The van der Waals surface area contributed by atoms with Crippen LogP contribution in [0.15, 0.2) is 0 Å². The number of rotatable bonds is 3. The fourth-order valence-corrected chi connectivity index (χ4v) is 2.71. The van der Waals surface area contributed by atoms with Gasteiger partial charge in [-0.15, -0.1) is 0 Å². The third kappa shape index (κ3) is 2.55. The number of hydrogen-bond donors (Lipinski definition) is 2. The molecule has 2 aliphatic rings. The minimum atomic E-state index is -0.127. The monoisotopic (exact) mass is 226 g/mol. The molecule has 4 heteroatoms. The number of hydrogen-bond acceptors (Lipinski definition) is 3. The molecule has 0 aromatic rings. The molecule has 4 nitrogen and oxygen atoms in total. The average Bonchev–Trinajstić information content (AvgIpc) is 2.84. The zero-order valence-corrected chi connectivity index (χ0v) is 9.84. The van der Waals surface area contributed by atoms with Crippen molar-refractivity contribution in [3.63, 3.8) is 0 Å². The van der Waals surface area contributed by atoms with Gasteiger partial charge in [0.25, 0.3) is 0 Å². The van der Waals surface area contributed by atoms with E-state index in [9.17, 15) is 4.79 Å². The lowest BCUT2D eigenvalue weighted by molar-refractivity contribution is -0.127. The van der Waals surface area contributed by atoms with Gasteiger partial charge in [0.1, 0.15) is 0 Å². The third-order valence-corrected chi connectivity index (χ3v) is 3.89. The van der Waals surface area contributed by atoms with Gasteiger partial charge in [-0.05, 0) is 19.3 Å². The third-order valence-electron chi connectivity index (χ3n) is 3.89. The molecular formula is C12H22N2O2. The minimum absolute atomic E-state index is 0.0466. The van der Waals surface area contributed by atoms with E-state index in [-0.39, 0.29) is 17.4 Å². The van der Waals surface area contributed by atoms with Crippen LogP contribution in [0.4, 0.5) is 0 Å². The van der Waals surface area contributed by atoms with Crippen LogP contribution >= 0.6 is 0 Å². The first-order valence-corrected chi connectivity index (χ1v) is 6.36. The quantitative estimate of drug-likeness (QED) is 0.748. The highest BCUT2D eigenvalue weighted by Gasteiger charge is 2.35. The van der Waals surface area contributed by atoms with Crippen LogP contribution in [0.2, 0.25) is 0 Å². The van der Waals surface area contributed by atoms with Gasteiger partial charge in [-0.2, -0.15) is 0 Å². The maximum atomic E-state index is 12.0. The zero-order valence-electron chi connectivity index (χ0n) is 9.84. The lowest BCUT2D eigenvalue weighted by Gasteiger charge is -2.37. The molecule has 0 spiro atoms. The van der Waals surface area contributed by atoms with Gasteiger partial charge in [0.2, 0.25) is 5.91 Å². The molecule has 3 N–H and O–H groups in total. The summed E-state index contributed by atoms with van der Waals surface area (Å²) >= 11 is 0. The largest absolute Gasteiger partial charge is 0.381 e. The van der Waals surface area contributed by atoms with Crippen molar-refractivity contribution >= 4 is 5.91 Å². The SMILES string of the molecule is NCC1(NC(=O)C2CCOC2)CCCCC1. The van der Waals surface area contributed by atoms with Crippen molar-refractivity contribution in [3.05, 3.63) is 0 Å². The van der Waals surface area contributed by atoms with Crippen LogP contribution in [-0.2, 0) is 9.53 Å². The molecule has 2 rings (SSSR count). The number of ether oxygens (including phenoxy) is 1. The predicted molar refractivity (Wildman–Crippen MR) is 61.9 cm³/mol. The summed E-state index contributed by atoms with van der Waals surface area (Å²) in [5, 5.41) is 3.18. The van der Waals surface area contributed by atoms with Gasteiger partial charge in [0.15, 0.2) is 0 Å². The standard InChI is InChI=1S/C12H22N2O2/c13-9-12(5-2-1-3-6-12)14-11(15)10-4-7-16-8-10/h10H,1-9,13H2,(H,14,15). The van der Waals surface area contributed by atoms with E-state index in [1.165, 1.54) is 19.3 Å². The van der Waals surface area contributed by atoms with Crippen LogP contribution < -0.4 is 11.1 Å². The number of carbonyl (C=O) groups excluding carboxylic acids is 1. The Bertz CT molecular complexity index is 243. The minimum Gasteiger partial charge on any atom is -0.381 e. The molecule has 0 aromatic carbocycles. The number of carbonyl (C=O) groups is 1. The van der Waals surface area contributed by atoms with E-state index in [1.54, 1.807) is 0 Å². The van der Waals surface area contributed by atoms with Crippen molar-refractivity contribution in [3.8, 4) is 0 Å². The lowest BCUT2D eigenvalue weighted by Crippen LogP contribution is -2.56. The molecule has 1 unspecified atom stereocenters. The van der Waals surface area contributed by atoms with E-state index in [0.29, 0.717) is 19.8 Å². The average molecular weight is 226 g/mol. The second-order valence-electron chi connectivity index (χ2n) is 5.09. The molecule has 2 fully saturated rings. The van der Waals surface area contributed by atoms with Crippen LogP contribution in [-0.4, -0.2) is 31.2 Å². The first kappa shape index (κ1) is 11.9. The van der Waals surface area contributed by atoms with Crippen LogP contribution in [0.5, 0.6) is 0 Å². The Morgan fingerprint density at radius 3 is 2.69 bits per heavy atom. The zero-order chi connectivity index (χ0) is 11.4. The van der Waals surface area contributed by atoms with Gasteiger partial charge in [-0.25, -0.2) is 0 Å². The van der Waals surface area contributed by atoms with E-state index in [1.807, 2.05) is 0 Å². The summed E-state index contributed by atoms with van der Waals surface area (Å²) in [6.07, 6.45) is 6.54. The van der Waals surface area contributed by atoms with E-state index < -0.39 is 0 Å². The Morgan fingerprint density at radius 2 is 2.12 bits per heavy atom. The maximum absolute atomic E-state index is 12.0. The second kappa shape index (κ2) is 5.15. The molecule has 1 amide bonds. The summed E-state index contributed by atoms with van der Waals surface area (Å²) in [5.74, 6) is 0.190. The van der Waals surface area contributed by atoms with Crippen molar-refractivity contribution in [2.24, 2.45) is 11.7 Å². The van der Waals surface area contributed by atoms with Crippen LogP contribution in [0.1, 0.15) is 38.5 Å². The topological polar surface area (TPSA) is 64.3 Å². The Labute approximate surface area is 96.9 Å². The summed E-state index contributed by atoms with van der Waals surface area (Å²) in [7, 11) is 0. The van der Waals surface area contributed by atoms with E-state index in [4.69, 9.17) is 10.5 Å². The lowest BCUT2D eigenvalue weighted by atomic mass is 9.81. The molecule has 1 aliphatic heterocycles. The van der Waals surface area contributed by atoms with Gasteiger partial charge < -0.3 is 15.8 Å². The van der Waals surface area contributed by atoms with Gasteiger partial charge >= 0.3 is 0 Å². The Kier molecular flexibility index (Phi) is 3.82. The molecule has 1 atom stereocenters. The summed E-state index contributed by atoms with van der Waals surface area (Å²) in [5.41, 5.74) is 5.71. The van der Waals surface area contributed by atoms with Crippen molar-refractivity contribution < 1.29 is 9.53 Å². The summed E-state index contributed by atoms with van der Waals surface area (Å²) in [6.45, 7) is 1.85. The highest BCUT2D eigenvalue weighted by atomic mass is 16.5. The molecule has 1 saturated carbocycles. The molecule has 1 saturated heterocycles. The van der Waals surface area contributed by atoms with E-state index in [2.05, 4.69) is 5.32 Å². The Hall–Kier alpha value is -0.610. The molecule has 16 heavy (non-hydrogen) atoms. The second-order valence-corrected chi connectivity index (χ2v) is 5.09. The molecule has 0 radical (unpaired) electrons. The highest BCUT2D eigenvalue weighted by Crippen LogP contribution is 2.28. The van der Waals surface area contributed by atoms with Gasteiger partial charge in [0.05, 0.1) is 18.1 Å². The van der Waals surface area contributed by atoms with Gasteiger partial charge in [-0.3, -0.25) is 4.79 Å². The van der Waals surface area contributed by atoms with Crippen molar-refractivity contribution in [1.82, 2.24) is 5.32 Å². The van der Waals surface area contributed by atoms with Gasteiger partial charge in [-0.1, -0.05) is 19.3 Å². The fourth-order valence-electron chi connectivity index (χ4n) is 2.71. The Morgan fingerprint density at radius 1 is 1.38 bits per heavy atom. The molecule has 0 aromatic heterocycles. The fraction of sp³-hybridized carbons (Fsp3) is 0.917.